The van der Waals surface area contributed by atoms with E-state index in [4.69, 9.17) is 14.6 Å². The van der Waals surface area contributed by atoms with E-state index in [1.165, 1.54) is 37.6 Å². The number of carboxylic acids is 1. The Kier molecular flexibility index (Phi) is 3.93. The summed E-state index contributed by atoms with van der Waals surface area (Å²) >= 11 is 0. The van der Waals surface area contributed by atoms with Crippen molar-refractivity contribution in [3.63, 3.8) is 0 Å². The van der Waals surface area contributed by atoms with Crippen molar-refractivity contribution in [3.05, 3.63) is 46.1 Å². The van der Waals surface area contributed by atoms with Crippen LogP contribution >= 0.6 is 0 Å². The van der Waals surface area contributed by atoms with Crippen molar-refractivity contribution >= 4 is 11.7 Å². The third kappa shape index (κ3) is 3.03. The fourth-order valence-electron chi connectivity index (χ4n) is 1.52. The summed E-state index contributed by atoms with van der Waals surface area (Å²) in [6.07, 6.45) is 1.18. The maximum absolute atomic E-state index is 11.0. The number of hydrogen-bond donors (Lipinski definition) is 1. The summed E-state index contributed by atoms with van der Waals surface area (Å²) in [5.74, 6) is -1.51. The zero-order chi connectivity index (χ0) is 15.4. The van der Waals surface area contributed by atoms with Crippen LogP contribution in [0.25, 0.3) is 0 Å². The molecule has 1 heterocycles. The van der Waals surface area contributed by atoms with Gasteiger partial charge in [-0.1, -0.05) is 0 Å². The standard InChI is InChI=1S/C12H9N3O6/c1-20-7-2-3-9(15(18)19)10(6-7)21-11-8(12(16)17)4-5-13-14-11/h2-6H,1H3,(H,16,17). The van der Waals surface area contributed by atoms with Crippen molar-refractivity contribution in [2.75, 3.05) is 7.11 Å². The van der Waals surface area contributed by atoms with Crippen LogP contribution in [0.3, 0.4) is 0 Å². The monoisotopic (exact) mass is 291 g/mol. The summed E-state index contributed by atoms with van der Waals surface area (Å²) in [7, 11) is 1.38. The summed E-state index contributed by atoms with van der Waals surface area (Å²) < 4.78 is 10.2. The third-order valence-electron chi connectivity index (χ3n) is 2.49. The number of aromatic carboxylic acids is 1. The lowest BCUT2D eigenvalue weighted by atomic mass is 10.2. The number of hydrogen-bond acceptors (Lipinski definition) is 7. The van der Waals surface area contributed by atoms with Crippen molar-refractivity contribution in [1.82, 2.24) is 10.2 Å². The predicted molar refractivity (Wildman–Crippen MR) is 68.7 cm³/mol. The molecule has 9 nitrogen and oxygen atoms in total. The first-order valence-corrected chi connectivity index (χ1v) is 5.58. The maximum Gasteiger partial charge on any atom is 0.341 e. The van der Waals surface area contributed by atoms with E-state index in [0.29, 0.717) is 5.75 Å². The molecule has 9 heteroatoms. The second-order valence-corrected chi connectivity index (χ2v) is 3.75. The fourth-order valence-corrected chi connectivity index (χ4v) is 1.52. The summed E-state index contributed by atoms with van der Waals surface area (Å²) in [6.45, 7) is 0. The van der Waals surface area contributed by atoms with Gasteiger partial charge in [0.25, 0.3) is 5.88 Å². The molecule has 0 unspecified atom stereocenters. The van der Waals surface area contributed by atoms with Crippen molar-refractivity contribution < 1.29 is 24.3 Å². The molecule has 1 aromatic heterocycles. The Morgan fingerprint density at radius 3 is 2.76 bits per heavy atom. The minimum absolute atomic E-state index is 0.192. The third-order valence-corrected chi connectivity index (χ3v) is 2.49. The normalized spacial score (nSPS) is 9.95. The highest BCUT2D eigenvalue weighted by Gasteiger charge is 2.20. The first-order valence-electron chi connectivity index (χ1n) is 5.58. The molecule has 0 spiro atoms. The average Bonchev–Trinajstić information content (AvgIpc) is 2.47. The molecule has 0 bridgehead atoms. The summed E-state index contributed by atoms with van der Waals surface area (Å²) in [4.78, 5) is 21.3. The molecule has 1 N–H and O–H groups in total. The van der Waals surface area contributed by atoms with Crippen LogP contribution in [0.15, 0.2) is 30.5 Å². The van der Waals surface area contributed by atoms with Gasteiger partial charge in [-0.3, -0.25) is 10.1 Å². The molecule has 108 valence electrons. The number of methoxy groups -OCH3 is 1. The first-order chi connectivity index (χ1) is 10.0. The molecule has 0 aliphatic heterocycles. The van der Waals surface area contributed by atoms with Crippen LogP contribution in [-0.2, 0) is 0 Å². The molecule has 0 saturated heterocycles. The topological polar surface area (TPSA) is 125 Å². The number of nitro groups is 1. The molecule has 2 aromatic rings. The zero-order valence-electron chi connectivity index (χ0n) is 10.7. The Balaban J connectivity index is 2.48. The van der Waals surface area contributed by atoms with E-state index < -0.39 is 10.9 Å². The van der Waals surface area contributed by atoms with Gasteiger partial charge in [-0.25, -0.2) is 4.79 Å². The highest BCUT2D eigenvalue weighted by atomic mass is 16.6. The zero-order valence-corrected chi connectivity index (χ0v) is 10.7. The van der Waals surface area contributed by atoms with Crippen LogP contribution in [0.5, 0.6) is 17.4 Å². The summed E-state index contributed by atoms with van der Waals surface area (Å²) in [5, 5.41) is 27.0. The van der Waals surface area contributed by atoms with Crippen LogP contribution in [0, 0.1) is 10.1 Å². The van der Waals surface area contributed by atoms with Gasteiger partial charge in [0.2, 0.25) is 5.75 Å². The minimum atomic E-state index is -1.29. The van der Waals surface area contributed by atoms with Crippen molar-refractivity contribution in [1.29, 1.82) is 0 Å². The number of nitrogens with zero attached hydrogens (tertiary/aromatic N) is 3. The van der Waals surface area contributed by atoms with Gasteiger partial charge < -0.3 is 14.6 Å². The fraction of sp³-hybridized carbons (Fsp3) is 0.0833. The molecular weight excluding hydrogens is 282 g/mol. The smallest absolute Gasteiger partial charge is 0.341 e. The average molecular weight is 291 g/mol. The first kappa shape index (κ1) is 14.2. The molecule has 0 aliphatic carbocycles. The Bertz CT molecular complexity index is 703. The van der Waals surface area contributed by atoms with Crippen LogP contribution in [0.2, 0.25) is 0 Å². The molecule has 1 aromatic carbocycles. The number of carbonyl (C=O) groups is 1. The molecule has 0 atom stereocenters. The molecular formula is C12H9N3O6. The van der Waals surface area contributed by atoms with E-state index >= 15 is 0 Å². The molecule has 0 aliphatic rings. The quantitative estimate of drug-likeness (QED) is 0.653. The minimum Gasteiger partial charge on any atom is -0.497 e. The second-order valence-electron chi connectivity index (χ2n) is 3.75. The van der Waals surface area contributed by atoms with E-state index in [0.717, 1.165) is 0 Å². The molecule has 0 fully saturated rings. The van der Waals surface area contributed by atoms with Crippen molar-refractivity contribution in [2.24, 2.45) is 0 Å². The van der Waals surface area contributed by atoms with Crippen LogP contribution in [0.1, 0.15) is 10.4 Å². The SMILES string of the molecule is COc1ccc([N+](=O)[O-])c(Oc2nnccc2C(=O)O)c1. The van der Waals surface area contributed by atoms with Crippen LogP contribution in [0.4, 0.5) is 5.69 Å². The Morgan fingerprint density at radius 2 is 2.14 bits per heavy atom. The van der Waals surface area contributed by atoms with Gasteiger partial charge in [0.15, 0.2) is 0 Å². The summed E-state index contributed by atoms with van der Waals surface area (Å²) in [5.41, 5.74) is -0.611. The van der Waals surface area contributed by atoms with Gasteiger partial charge in [-0.05, 0) is 12.1 Å². The van der Waals surface area contributed by atoms with Crippen molar-refractivity contribution in [3.8, 4) is 17.4 Å². The Hall–Kier alpha value is -3.23. The van der Waals surface area contributed by atoms with Gasteiger partial charge in [0, 0.05) is 12.1 Å². The van der Waals surface area contributed by atoms with E-state index in [9.17, 15) is 14.9 Å². The number of nitro benzene ring substituents is 1. The number of benzene rings is 1. The largest absolute Gasteiger partial charge is 0.497 e. The molecule has 2 rings (SSSR count). The van der Waals surface area contributed by atoms with Crippen LogP contribution < -0.4 is 9.47 Å². The second kappa shape index (κ2) is 5.82. The lowest BCUT2D eigenvalue weighted by Gasteiger charge is -2.08. The van der Waals surface area contributed by atoms with E-state index in [2.05, 4.69) is 10.2 Å². The maximum atomic E-state index is 11.0. The van der Waals surface area contributed by atoms with Gasteiger partial charge in [-0.15, -0.1) is 5.10 Å². The van der Waals surface area contributed by atoms with Gasteiger partial charge in [-0.2, -0.15) is 5.10 Å². The van der Waals surface area contributed by atoms with Gasteiger partial charge >= 0.3 is 11.7 Å². The van der Waals surface area contributed by atoms with Crippen LogP contribution in [-0.4, -0.2) is 33.3 Å². The molecule has 21 heavy (non-hydrogen) atoms. The number of aromatic nitrogens is 2. The lowest BCUT2D eigenvalue weighted by Crippen LogP contribution is -2.04. The van der Waals surface area contributed by atoms with Crippen molar-refractivity contribution in [2.45, 2.75) is 0 Å². The van der Waals surface area contributed by atoms with Gasteiger partial charge in [0.05, 0.1) is 18.2 Å². The predicted octanol–water partition coefficient (Wildman–Crippen LogP) is 1.88. The van der Waals surface area contributed by atoms with E-state index in [-0.39, 0.29) is 22.9 Å². The highest BCUT2D eigenvalue weighted by molar-refractivity contribution is 5.90. The van der Waals surface area contributed by atoms with E-state index in [1.54, 1.807) is 0 Å². The number of rotatable bonds is 5. The Morgan fingerprint density at radius 1 is 1.38 bits per heavy atom. The number of ether oxygens (including phenoxy) is 2. The Labute approximate surface area is 117 Å². The number of carboxylic acid groups (broad SMARTS) is 1. The lowest BCUT2D eigenvalue weighted by molar-refractivity contribution is -0.385. The highest BCUT2D eigenvalue weighted by Crippen LogP contribution is 2.34. The molecule has 0 amide bonds. The van der Waals surface area contributed by atoms with Gasteiger partial charge in [0.1, 0.15) is 11.3 Å². The molecule has 0 radical (unpaired) electrons. The summed E-state index contributed by atoms with van der Waals surface area (Å²) in [6, 6.07) is 5.01. The molecule has 0 saturated carbocycles. The van der Waals surface area contributed by atoms with E-state index in [1.807, 2.05) is 0 Å².